The van der Waals surface area contributed by atoms with E-state index >= 15 is 0 Å². The Morgan fingerprint density at radius 1 is 1.24 bits per heavy atom. The number of nitriles is 1. The number of amides is 1. The second-order valence-electron chi connectivity index (χ2n) is 8.13. The minimum atomic E-state index is -4.80. The Hall–Kier alpha value is -3.51. The molecule has 0 aliphatic heterocycles. The van der Waals surface area contributed by atoms with Crippen LogP contribution in [0.4, 0.5) is 13.2 Å². The van der Waals surface area contributed by atoms with Crippen LogP contribution < -0.4 is 10.1 Å². The summed E-state index contributed by atoms with van der Waals surface area (Å²) in [5.41, 5.74) is 1.95. The predicted octanol–water partition coefficient (Wildman–Crippen LogP) is 4.35. The Morgan fingerprint density at radius 3 is 2.70 bits per heavy atom. The summed E-state index contributed by atoms with van der Waals surface area (Å²) in [6.07, 6.45) is -2.37. The van der Waals surface area contributed by atoms with Gasteiger partial charge in [-0.25, -0.2) is 0 Å². The number of benzene rings is 2. The molecule has 2 aromatic carbocycles. The quantitative estimate of drug-likeness (QED) is 0.527. The average molecular weight is 457 g/mol. The largest absolute Gasteiger partial charge is 0.573 e. The van der Waals surface area contributed by atoms with Crippen molar-refractivity contribution in [3.05, 3.63) is 65.4 Å². The first kappa shape index (κ1) is 22.7. The van der Waals surface area contributed by atoms with Crippen LogP contribution in [-0.2, 0) is 6.54 Å². The highest BCUT2D eigenvalue weighted by Gasteiger charge is 2.33. The lowest BCUT2D eigenvalue weighted by atomic mass is 10.1. The SMILES string of the molecule is N#Cc1ccc2c(c1)cc(C(=O)NC(CCO)C1CC1)n2Cc1cccc(OC(F)(F)F)c1. The second kappa shape index (κ2) is 9.16. The summed E-state index contributed by atoms with van der Waals surface area (Å²) < 4.78 is 43.6. The van der Waals surface area contributed by atoms with Gasteiger partial charge in [0.05, 0.1) is 11.6 Å². The minimum absolute atomic E-state index is 0.0397. The zero-order chi connectivity index (χ0) is 23.6. The number of aromatic nitrogens is 1. The number of fused-ring (bicyclic) bond motifs is 1. The molecule has 0 saturated heterocycles. The number of ether oxygens (including phenoxy) is 1. The molecule has 172 valence electrons. The lowest BCUT2D eigenvalue weighted by Crippen LogP contribution is -2.38. The fourth-order valence-electron chi connectivity index (χ4n) is 4.03. The van der Waals surface area contributed by atoms with Crippen molar-refractivity contribution in [3.63, 3.8) is 0 Å². The van der Waals surface area contributed by atoms with Crippen molar-refractivity contribution in [2.75, 3.05) is 6.61 Å². The molecule has 33 heavy (non-hydrogen) atoms. The van der Waals surface area contributed by atoms with E-state index in [0.29, 0.717) is 40.1 Å². The van der Waals surface area contributed by atoms with Crippen molar-refractivity contribution < 1.29 is 27.8 Å². The Bertz CT molecular complexity index is 1210. The molecule has 1 heterocycles. The lowest BCUT2D eigenvalue weighted by molar-refractivity contribution is -0.274. The van der Waals surface area contributed by atoms with Crippen LogP contribution in [0.5, 0.6) is 5.75 Å². The number of nitrogens with zero attached hydrogens (tertiary/aromatic N) is 2. The monoisotopic (exact) mass is 457 g/mol. The van der Waals surface area contributed by atoms with Gasteiger partial charge >= 0.3 is 6.36 Å². The van der Waals surface area contributed by atoms with E-state index in [4.69, 9.17) is 0 Å². The number of aliphatic hydroxyl groups excluding tert-OH is 1. The Labute approximate surface area is 188 Å². The maximum atomic E-state index is 13.2. The molecule has 1 aliphatic rings. The number of rotatable bonds is 8. The Kier molecular flexibility index (Phi) is 6.29. The number of aliphatic hydroxyl groups is 1. The molecule has 6 nitrogen and oxygen atoms in total. The van der Waals surface area contributed by atoms with Crippen molar-refractivity contribution in [1.29, 1.82) is 5.26 Å². The third-order valence-corrected chi connectivity index (χ3v) is 5.68. The molecule has 1 aromatic heterocycles. The van der Waals surface area contributed by atoms with Crippen molar-refractivity contribution in [2.24, 2.45) is 5.92 Å². The highest BCUT2D eigenvalue weighted by atomic mass is 19.4. The summed E-state index contributed by atoms with van der Waals surface area (Å²) in [7, 11) is 0. The fourth-order valence-corrected chi connectivity index (χ4v) is 4.03. The lowest BCUT2D eigenvalue weighted by Gasteiger charge is -2.18. The van der Waals surface area contributed by atoms with Crippen LogP contribution in [-0.4, -0.2) is 34.6 Å². The van der Waals surface area contributed by atoms with Gasteiger partial charge in [0.1, 0.15) is 11.4 Å². The molecule has 0 bridgehead atoms. The van der Waals surface area contributed by atoms with E-state index in [1.54, 1.807) is 34.9 Å². The predicted molar refractivity (Wildman–Crippen MR) is 115 cm³/mol. The smallest absolute Gasteiger partial charge is 0.406 e. The van der Waals surface area contributed by atoms with Gasteiger partial charge in [-0.3, -0.25) is 4.79 Å². The van der Waals surface area contributed by atoms with Crippen LogP contribution in [0.1, 0.15) is 40.9 Å². The van der Waals surface area contributed by atoms with E-state index in [2.05, 4.69) is 16.1 Å². The molecule has 1 saturated carbocycles. The molecule has 2 N–H and O–H groups in total. The van der Waals surface area contributed by atoms with E-state index in [-0.39, 0.29) is 30.9 Å². The van der Waals surface area contributed by atoms with Crippen LogP contribution in [0, 0.1) is 17.2 Å². The molecular weight excluding hydrogens is 435 g/mol. The highest BCUT2D eigenvalue weighted by Crippen LogP contribution is 2.34. The number of halogens is 3. The van der Waals surface area contributed by atoms with Crippen LogP contribution >= 0.6 is 0 Å². The number of alkyl halides is 3. The van der Waals surface area contributed by atoms with Crippen LogP contribution in [0.15, 0.2) is 48.5 Å². The van der Waals surface area contributed by atoms with Crippen molar-refractivity contribution in [2.45, 2.75) is 38.2 Å². The van der Waals surface area contributed by atoms with Gasteiger partial charge in [-0.05, 0) is 67.1 Å². The molecule has 1 fully saturated rings. The maximum absolute atomic E-state index is 13.2. The van der Waals surface area contributed by atoms with Crippen molar-refractivity contribution in [3.8, 4) is 11.8 Å². The fraction of sp³-hybridized carbons (Fsp3) is 0.333. The zero-order valence-corrected chi connectivity index (χ0v) is 17.6. The van der Waals surface area contributed by atoms with Gasteiger partial charge in [0, 0.05) is 30.1 Å². The van der Waals surface area contributed by atoms with Gasteiger partial charge in [0.15, 0.2) is 0 Å². The van der Waals surface area contributed by atoms with Crippen molar-refractivity contribution >= 4 is 16.8 Å². The summed E-state index contributed by atoms with van der Waals surface area (Å²) in [6.45, 7) is 0.0866. The summed E-state index contributed by atoms with van der Waals surface area (Å²) in [5, 5.41) is 22.2. The zero-order valence-electron chi connectivity index (χ0n) is 17.6. The third-order valence-electron chi connectivity index (χ3n) is 5.68. The molecule has 3 aromatic rings. The van der Waals surface area contributed by atoms with Gasteiger partial charge in [-0.15, -0.1) is 13.2 Å². The molecule has 1 amide bonds. The van der Waals surface area contributed by atoms with Gasteiger partial charge in [-0.1, -0.05) is 12.1 Å². The van der Waals surface area contributed by atoms with E-state index in [1.165, 1.54) is 18.2 Å². The van der Waals surface area contributed by atoms with Gasteiger partial charge < -0.3 is 19.7 Å². The minimum Gasteiger partial charge on any atom is -0.406 e. The molecule has 0 spiro atoms. The van der Waals surface area contributed by atoms with E-state index < -0.39 is 6.36 Å². The standard InChI is InChI=1S/C24H22F3N3O3/c25-24(26,27)33-19-3-1-2-16(11-19)14-30-21-7-4-15(13-28)10-18(21)12-22(30)23(32)29-20(8-9-31)17-5-6-17/h1-4,7,10-12,17,20,31H,5-6,8-9,14H2,(H,29,32). The topological polar surface area (TPSA) is 87.3 Å². The van der Waals surface area contributed by atoms with E-state index in [0.717, 1.165) is 12.8 Å². The van der Waals surface area contributed by atoms with Crippen LogP contribution in [0.3, 0.4) is 0 Å². The van der Waals surface area contributed by atoms with Crippen LogP contribution in [0.25, 0.3) is 10.9 Å². The van der Waals surface area contributed by atoms with E-state index in [9.17, 15) is 28.3 Å². The molecule has 4 rings (SSSR count). The first-order valence-electron chi connectivity index (χ1n) is 10.6. The maximum Gasteiger partial charge on any atom is 0.573 e. The first-order chi connectivity index (χ1) is 15.8. The summed E-state index contributed by atoms with van der Waals surface area (Å²) >= 11 is 0. The second-order valence-corrected chi connectivity index (χ2v) is 8.13. The first-order valence-corrected chi connectivity index (χ1v) is 10.6. The Balaban J connectivity index is 1.69. The van der Waals surface area contributed by atoms with Gasteiger partial charge in [0.25, 0.3) is 5.91 Å². The number of hydrogen-bond acceptors (Lipinski definition) is 4. The normalized spacial score (nSPS) is 14.6. The molecule has 1 aliphatic carbocycles. The number of nitrogens with one attached hydrogen (secondary N) is 1. The summed E-state index contributed by atoms with van der Waals surface area (Å²) in [6, 6.07) is 14.2. The summed E-state index contributed by atoms with van der Waals surface area (Å²) in [5.74, 6) is -0.343. The van der Waals surface area contributed by atoms with Gasteiger partial charge in [-0.2, -0.15) is 5.26 Å². The van der Waals surface area contributed by atoms with Gasteiger partial charge in [0.2, 0.25) is 0 Å². The van der Waals surface area contributed by atoms with E-state index in [1.807, 2.05) is 0 Å². The molecule has 9 heteroatoms. The molecule has 0 radical (unpaired) electrons. The number of carbonyl (C=O) groups excluding carboxylic acids is 1. The average Bonchev–Trinajstić information content (AvgIpc) is 3.55. The molecule has 1 atom stereocenters. The molecular formula is C24H22F3N3O3. The van der Waals surface area contributed by atoms with Crippen LogP contribution in [0.2, 0.25) is 0 Å². The molecule has 1 unspecified atom stereocenters. The Morgan fingerprint density at radius 2 is 2.03 bits per heavy atom. The highest BCUT2D eigenvalue weighted by molar-refractivity contribution is 5.99. The number of carbonyl (C=O) groups is 1. The summed E-state index contributed by atoms with van der Waals surface area (Å²) in [4.78, 5) is 13.2. The third kappa shape index (κ3) is 5.46. The number of hydrogen-bond donors (Lipinski definition) is 2. The van der Waals surface area contributed by atoms with Crippen molar-refractivity contribution in [1.82, 2.24) is 9.88 Å².